The van der Waals surface area contributed by atoms with Crippen molar-refractivity contribution in [3.05, 3.63) is 11.9 Å². The molecule has 6 nitrogen and oxygen atoms in total. The molecule has 0 aliphatic heterocycles. The summed E-state index contributed by atoms with van der Waals surface area (Å²) in [5, 5.41) is 10.6. The van der Waals surface area contributed by atoms with Crippen LogP contribution in [0.5, 0.6) is 0 Å². The van der Waals surface area contributed by atoms with Gasteiger partial charge in [-0.05, 0) is 27.3 Å². The number of hydrogen-bond acceptors (Lipinski definition) is 4. The van der Waals surface area contributed by atoms with Crippen molar-refractivity contribution in [1.29, 1.82) is 0 Å². The predicted molar refractivity (Wildman–Crippen MR) is 60.7 cm³/mol. The van der Waals surface area contributed by atoms with Gasteiger partial charge in [-0.2, -0.15) is 0 Å². The predicted octanol–water partition coefficient (Wildman–Crippen LogP) is -0.306. The van der Waals surface area contributed by atoms with Gasteiger partial charge in [0.15, 0.2) is 0 Å². The van der Waals surface area contributed by atoms with E-state index >= 15 is 0 Å². The number of nitrogens with two attached hydrogens (primary N) is 1. The molecule has 6 heteroatoms. The fourth-order valence-electron chi connectivity index (χ4n) is 1.28. The van der Waals surface area contributed by atoms with E-state index in [1.807, 2.05) is 20.8 Å². The van der Waals surface area contributed by atoms with Crippen LogP contribution in [0.1, 0.15) is 26.5 Å². The number of aromatic nitrogens is 3. The molecule has 0 radical (unpaired) electrons. The third kappa shape index (κ3) is 4.39. The monoisotopic (exact) mass is 225 g/mol. The van der Waals surface area contributed by atoms with E-state index in [-0.39, 0.29) is 18.0 Å². The van der Waals surface area contributed by atoms with Crippen LogP contribution in [-0.2, 0) is 17.8 Å². The quantitative estimate of drug-likeness (QED) is 0.736. The van der Waals surface area contributed by atoms with Crippen LogP contribution in [0.3, 0.4) is 0 Å². The van der Waals surface area contributed by atoms with Crippen molar-refractivity contribution in [3.63, 3.8) is 0 Å². The topological polar surface area (TPSA) is 85.8 Å². The molecule has 0 fully saturated rings. The van der Waals surface area contributed by atoms with Crippen LogP contribution in [0.2, 0.25) is 0 Å². The minimum absolute atomic E-state index is 0.0725. The zero-order chi connectivity index (χ0) is 12.2. The first-order chi connectivity index (χ1) is 7.40. The number of nitrogens with one attached hydrogen (secondary N) is 1. The Balaban J connectivity index is 2.50. The van der Waals surface area contributed by atoms with Gasteiger partial charge < -0.3 is 11.1 Å². The molecule has 90 valence electrons. The van der Waals surface area contributed by atoms with Gasteiger partial charge in [0.1, 0.15) is 6.54 Å². The average Bonchev–Trinajstić information content (AvgIpc) is 2.49. The second-order valence-electron chi connectivity index (χ2n) is 4.74. The van der Waals surface area contributed by atoms with Crippen LogP contribution in [0.15, 0.2) is 6.20 Å². The van der Waals surface area contributed by atoms with Gasteiger partial charge in [0, 0.05) is 18.2 Å². The molecule has 1 aromatic heterocycles. The fraction of sp³-hybridized carbons (Fsp3) is 0.700. The molecule has 1 aromatic rings. The Morgan fingerprint density at radius 2 is 2.25 bits per heavy atom. The molecule has 1 heterocycles. The lowest BCUT2D eigenvalue weighted by molar-refractivity contribution is -0.123. The second-order valence-corrected chi connectivity index (χ2v) is 4.74. The molecule has 0 unspecified atom stereocenters. The van der Waals surface area contributed by atoms with Gasteiger partial charge in [-0.25, -0.2) is 4.68 Å². The van der Waals surface area contributed by atoms with Crippen molar-refractivity contribution >= 4 is 5.91 Å². The molecule has 1 rings (SSSR count). The van der Waals surface area contributed by atoms with Crippen molar-refractivity contribution in [2.75, 3.05) is 6.54 Å². The molecule has 0 aromatic carbocycles. The number of rotatable bonds is 4. The molecule has 0 saturated carbocycles. The summed E-state index contributed by atoms with van der Waals surface area (Å²) in [5.41, 5.74) is 5.98. The van der Waals surface area contributed by atoms with Crippen molar-refractivity contribution in [2.24, 2.45) is 5.73 Å². The highest BCUT2D eigenvalue weighted by Gasteiger charge is 2.14. The van der Waals surface area contributed by atoms with Gasteiger partial charge in [0.25, 0.3) is 0 Å². The molecule has 16 heavy (non-hydrogen) atoms. The second kappa shape index (κ2) is 5.07. The Labute approximate surface area is 95.2 Å². The maximum Gasteiger partial charge on any atom is 0.242 e. The summed E-state index contributed by atoms with van der Waals surface area (Å²) in [7, 11) is 0. The molecule has 0 spiro atoms. The number of carbonyl (C=O) groups excluding carboxylic acids is 1. The lowest BCUT2D eigenvalue weighted by atomic mass is 10.1. The van der Waals surface area contributed by atoms with Crippen LogP contribution in [0.4, 0.5) is 0 Å². The van der Waals surface area contributed by atoms with E-state index in [0.717, 1.165) is 5.69 Å². The van der Waals surface area contributed by atoms with Crippen molar-refractivity contribution in [1.82, 2.24) is 20.3 Å². The van der Waals surface area contributed by atoms with Crippen LogP contribution < -0.4 is 11.1 Å². The summed E-state index contributed by atoms with van der Waals surface area (Å²) < 4.78 is 1.52. The van der Waals surface area contributed by atoms with E-state index in [2.05, 4.69) is 15.6 Å². The van der Waals surface area contributed by atoms with Gasteiger partial charge in [-0.1, -0.05) is 5.21 Å². The molecule has 1 amide bonds. The molecule has 0 aliphatic rings. The summed E-state index contributed by atoms with van der Waals surface area (Å²) in [6.45, 7) is 6.53. The van der Waals surface area contributed by atoms with E-state index in [1.165, 1.54) is 4.68 Å². The summed E-state index contributed by atoms with van der Waals surface area (Å²) in [6, 6.07) is 0. The Morgan fingerprint density at radius 3 is 2.81 bits per heavy atom. The highest BCUT2D eigenvalue weighted by molar-refractivity contribution is 5.76. The summed E-state index contributed by atoms with van der Waals surface area (Å²) >= 11 is 0. The summed E-state index contributed by atoms with van der Waals surface area (Å²) in [6.07, 6.45) is 2.43. The highest BCUT2D eigenvalue weighted by Crippen LogP contribution is 1.99. The molecule has 0 aliphatic carbocycles. The van der Waals surface area contributed by atoms with Crippen LogP contribution in [-0.4, -0.2) is 33.0 Å². The van der Waals surface area contributed by atoms with E-state index in [4.69, 9.17) is 5.73 Å². The SMILES string of the molecule is CC(C)(C)NC(=O)Cn1cc(CCN)nn1. The summed E-state index contributed by atoms with van der Waals surface area (Å²) in [5.74, 6) is -0.0725. The van der Waals surface area contributed by atoms with E-state index in [9.17, 15) is 4.79 Å². The van der Waals surface area contributed by atoms with Gasteiger partial charge in [0.2, 0.25) is 5.91 Å². The van der Waals surface area contributed by atoms with E-state index in [1.54, 1.807) is 6.20 Å². The van der Waals surface area contributed by atoms with Crippen LogP contribution in [0.25, 0.3) is 0 Å². The molecule has 3 N–H and O–H groups in total. The lowest BCUT2D eigenvalue weighted by Crippen LogP contribution is -2.42. The van der Waals surface area contributed by atoms with Crippen LogP contribution >= 0.6 is 0 Å². The molecule has 0 bridgehead atoms. The van der Waals surface area contributed by atoms with Crippen molar-refractivity contribution in [2.45, 2.75) is 39.3 Å². The smallest absolute Gasteiger partial charge is 0.242 e. The van der Waals surface area contributed by atoms with Gasteiger partial charge in [-0.3, -0.25) is 4.79 Å². The average molecular weight is 225 g/mol. The number of amides is 1. The number of nitrogens with zero attached hydrogens (tertiary/aromatic N) is 3. The lowest BCUT2D eigenvalue weighted by Gasteiger charge is -2.20. The fourth-order valence-corrected chi connectivity index (χ4v) is 1.28. The highest BCUT2D eigenvalue weighted by atomic mass is 16.2. The Hall–Kier alpha value is -1.43. The largest absolute Gasteiger partial charge is 0.350 e. The normalized spacial score (nSPS) is 11.5. The Kier molecular flexibility index (Phi) is 4.00. The van der Waals surface area contributed by atoms with Gasteiger partial charge >= 0.3 is 0 Å². The first kappa shape index (κ1) is 12.6. The minimum atomic E-state index is -0.224. The molecule has 0 saturated heterocycles. The van der Waals surface area contributed by atoms with E-state index in [0.29, 0.717) is 13.0 Å². The maximum absolute atomic E-state index is 11.6. The van der Waals surface area contributed by atoms with Crippen molar-refractivity contribution < 1.29 is 4.79 Å². The molecular formula is C10H19N5O. The zero-order valence-electron chi connectivity index (χ0n) is 10.0. The first-order valence-electron chi connectivity index (χ1n) is 5.31. The number of hydrogen-bond donors (Lipinski definition) is 2. The molecular weight excluding hydrogens is 206 g/mol. The van der Waals surface area contributed by atoms with Crippen LogP contribution in [0, 0.1) is 0 Å². The Morgan fingerprint density at radius 1 is 1.56 bits per heavy atom. The standard InChI is InChI=1S/C10H19N5O/c1-10(2,3)12-9(16)7-15-6-8(4-5-11)13-14-15/h6H,4-5,7,11H2,1-3H3,(H,12,16). The first-order valence-corrected chi connectivity index (χ1v) is 5.31. The summed E-state index contributed by atoms with van der Waals surface area (Å²) in [4.78, 5) is 11.6. The molecule has 0 atom stereocenters. The van der Waals surface area contributed by atoms with Crippen molar-refractivity contribution in [3.8, 4) is 0 Å². The van der Waals surface area contributed by atoms with Gasteiger partial charge in [0.05, 0.1) is 5.69 Å². The third-order valence-corrected chi connectivity index (χ3v) is 1.81. The minimum Gasteiger partial charge on any atom is -0.350 e. The van der Waals surface area contributed by atoms with E-state index < -0.39 is 0 Å². The maximum atomic E-state index is 11.6. The number of carbonyl (C=O) groups is 1. The zero-order valence-corrected chi connectivity index (χ0v) is 10.0. The third-order valence-electron chi connectivity index (χ3n) is 1.81. The Bertz CT molecular complexity index is 352. The van der Waals surface area contributed by atoms with Gasteiger partial charge in [-0.15, -0.1) is 5.10 Å².